The topological polar surface area (TPSA) is 91.0 Å². The van der Waals surface area contributed by atoms with Crippen LogP contribution in [0.2, 0.25) is 5.02 Å². The second-order valence-corrected chi connectivity index (χ2v) is 6.48. The number of amides is 3. The molecular weight excluding hydrogens is 342 g/mol. The van der Waals surface area contributed by atoms with E-state index in [1.54, 1.807) is 30.6 Å². The molecule has 2 aliphatic rings. The van der Waals surface area contributed by atoms with Gasteiger partial charge in [0.1, 0.15) is 6.67 Å². The van der Waals surface area contributed by atoms with Crippen LogP contribution in [0.3, 0.4) is 0 Å². The summed E-state index contributed by atoms with van der Waals surface area (Å²) in [5.74, 6) is -0.334. The Balaban J connectivity index is 1.74. The quantitative estimate of drug-likeness (QED) is 0.866. The van der Waals surface area contributed by atoms with Crippen LogP contribution in [-0.4, -0.2) is 42.8 Å². The van der Waals surface area contributed by atoms with Gasteiger partial charge in [-0.2, -0.15) is 0 Å². The van der Waals surface area contributed by atoms with Crippen molar-refractivity contribution < 1.29 is 9.59 Å². The van der Waals surface area contributed by atoms with Crippen LogP contribution in [0.25, 0.3) is 0 Å². The summed E-state index contributed by atoms with van der Waals surface area (Å²) in [6, 6.07) is 5.12. The van der Waals surface area contributed by atoms with Crippen molar-refractivity contribution in [3.63, 3.8) is 0 Å². The Bertz CT molecular complexity index is 726. The minimum atomic E-state index is -0.274. The van der Waals surface area contributed by atoms with Crippen LogP contribution in [0.5, 0.6) is 0 Å². The summed E-state index contributed by atoms with van der Waals surface area (Å²) < 4.78 is 0. The van der Waals surface area contributed by atoms with Gasteiger partial charge in [0.15, 0.2) is 0 Å². The minimum absolute atomic E-state index is 0.0852. The van der Waals surface area contributed by atoms with Crippen molar-refractivity contribution in [3.05, 3.63) is 35.5 Å². The highest BCUT2D eigenvalue weighted by Crippen LogP contribution is 2.32. The Kier molecular flexibility index (Phi) is 5.23. The molecule has 7 nitrogen and oxygen atoms in total. The summed E-state index contributed by atoms with van der Waals surface area (Å²) in [4.78, 5) is 31.4. The third-order valence-corrected chi connectivity index (χ3v) is 4.63. The first kappa shape index (κ1) is 17.3. The van der Waals surface area contributed by atoms with Gasteiger partial charge in [0.25, 0.3) is 0 Å². The van der Waals surface area contributed by atoms with E-state index in [0.717, 1.165) is 5.69 Å². The molecule has 1 saturated heterocycles. The maximum atomic E-state index is 12.4. The molecule has 8 heteroatoms. The van der Waals surface area contributed by atoms with Gasteiger partial charge in [-0.05, 0) is 37.1 Å². The maximum Gasteiger partial charge on any atom is 0.327 e. The highest BCUT2D eigenvalue weighted by atomic mass is 35.5. The van der Waals surface area contributed by atoms with Gasteiger partial charge < -0.3 is 16.0 Å². The number of nitrogens with two attached hydrogens (primary N) is 1. The molecule has 25 heavy (non-hydrogen) atoms. The Morgan fingerprint density at radius 3 is 2.68 bits per heavy atom. The van der Waals surface area contributed by atoms with E-state index in [4.69, 9.17) is 17.3 Å². The molecule has 2 aliphatic heterocycles. The average Bonchev–Trinajstić information content (AvgIpc) is 2.63. The smallest absolute Gasteiger partial charge is 0.327 e. The summed E-state index contributed by atoms with van der Waals surface area (Å²) in [7, 11) is 0. The summed E-state index contributed by atoms with van der Waals surface area (Å²) >= 11 is 6.11. The van der Waals surface area contributed by atoms with Gasteiger partial charge in [0.2, 0.25) is 5.91 Å². The zero-order valence-corrected chi connectivity index (χ0v) is 14.4. The molecule has 3 amide bonds. The van der Waals surface area contributed by atoms with E-state index in [-0.39, 0.29) is 24.5 Å². The number of allylic oxidation sites excluding steroid dienone is 1. The van der Waals surface area contributed by atoms with Crippen molar-refractivity contribution >= 4 is 41.1 Å². The molecule has 0 aliphatic carbocycles. The van der Waals surface area contributed by atoms with E-state index in [1.807, 2.05) is 6.07 Å². The SMILES string of the molecule is NC(=O)C1CCN(c2ccc(Cl)cc2NC(=O)N2C=CC=NC2)CC1. The number of aliphatic imine (C=N–C) groups is 1. The molecule has 0 unspecified atom stereocenters. The second-order valence-electron chi connectivity index (χ2n) is 6.04. The largest absolute Gasteiger partial charge is 0.370 e. The van der Waals surface area contributed by atoms with Crippen LogP contribution in [0.1, 0.15) is 12.8 Å². The Morgan fingerprint density at radius 1 is 1.28 bits per heavy atom. The Labute approximate surface area is 151 Å². The first-order valence-electron chi connectivity index (χ1n) is 8.12. The van der Waals surface area contributed by atoms with Gasteiger partial charge in [-0.1, -0.05) is 11.6 Å². The van der Waals surface area contributed by atoms with Crippen molar-refractivity contribution in [1.82, 2.24) is 4.90 Å². The summed E-state index contributed by atoms with van der Waals surface area (Å²) in [5, 5.41) is 3.44. The third-order valence-electron chi connectivity index (χ3n) is 4.39. The standard InChI is InChI=1S/C17H20ClN5O2/c18-13-2-3-15(22-8-4-12(5-9-22)16(19)24)14(10-13)21-17(25)23-7-1-6-20-11-23/h1-3,6-7,10,12H,4-5,8-9,11H2,(H2,19,24)(H,21,25). The van der Waals surface area contributed by atoms with E-state index in [0.29, 0.717) is 36.6 Å². The Hall–Kier alpha value is -2.54. The van der Waals surface area contributed by atoms with E-state index in [9.17, 15) is 9.59 Å². The monoisotopic (exact) mass is 361 g/mol. The number of carbonyl (C=O) groups excluding carboxylic acids is 2. The van der Waals surface area contributed by atoms with Crippen LogP contribution in [0, 0.1) is 5.92 Å². The molecule has 1 aromatic carbocycles. The van der Waals surface area contributed by atoms with Crippen molar-refractivity contribution in [2.24, 2.45) is 16.6 Å². The average molecular weight is 362 g/mol. The second kappa shape index (κ2) is 7.57. The molecule has 0 bridgehead atoms. The summed E-state index contributed by atoms with van der Waals surface area (Å²) in [5.41, 5.74) is 6.91. The molecular formula is C17H20ClN5O2. The first-order chi connectivity index (χ1) is 12.0. The molecule has 0 radical (unpaired) electrons. The molecule has 1 aromatic rings. The number of benzene rings is 1. The number of piperidine rings is 1. The molecule has 3 N–H and O–H groups in total. The minimum Gasteiger partial charge on any atom is -0.370 e. The predicted molar refractivity (Wildman–Crippen MR) is 98.9 cm³/mol. The fraction of sp³-hybridized carbons (Fsp3) is 0.353. The summed E-state index contributed by atoms with van der Waals surface area (Å²) in [6.07, 6.45) is 6.43. The van der Waals surface area contributed by atoms with Gasteiger partial charge in [-0.3, -0.25) is 14.7 Å². The van der Waals surface area contributed by atoms with Crippen LogP contribution in [0.4, 0.5) is 16.2 Å². The van der Waals surface area contributed by atoms with E-state index in [2.05, 4.69) is 15.2 Å². The van der Waals surface area contributed by atoms with Crippen molar-refractivity contribution in [2.75, 3.05) is 30.0 Å². The highest BCUT2D eigenvalue weighted by Gasteiger charge is 2.25. The highest BCUT2D eigenvalue weighted by molar-refractivity contribution is 6.31. The molecule has 0 saturated carbocycles. The lowest BCUT2D eigenvalue weighted by atomic mass is 9.96. The van der Waals surface area contributed by atoms with Gasteiger partial charge in [-0.15, -0.1) is 0 Å². The number of nitrogens with zero attached hydrogens (tertiary/aromatic N) is 3. The van der Waals surface area contributed by atoms with Gasteiger partial charge >= 0.3 is 6.03 Å². The zero-order valence-electron chi connectivity index (χ0n) is 13.7. The van der Waals surface area contributed by atoms with Gasteiger partial charge in [0, 0.05) is 36.4 Å². The number of urea groups is 1. The molecule has 132 valence electrons. The number of hydrogen-bond acceptors (Lipinski definition) is 4. The molecule has 0 aromatic heterocycles. The van der Waals surface area contributed by atoms with Crippen molar-refractivity contribution in [3.8, 4) is 0 Å². The number of halogens is 1. The normalized spacial score (nSPS) is 17.6. The number of carbonyl (C=O) groups is 2. The van der Waals surface area contributed by atoms with Crippen molar-refractivity contribution in [1.29, 1.82) is 0 Å². The van der Waals surface area contributed by atoms with Gasteiger partial charge in [-0.25, -0.2) is 4.79 Å². The van der Waals surface area contributed by atoms with Crippen LogP contribution in [-0.2, 0) is 4.79 Å². The molecule has 0 spiro atoms. The number of anilines is 2. The summed E-state index contributed by atoms with van der Waals surface area (Å²) in [6.45, 7) is 1.68. The maximum absolute atomic E-state index is 12.4. The van der Waals surface area contributed by atoms with Crippen molar-refractivity contribution in [2.45, 2.75) is 12.8 Å². The lowest BCUT2D eigenvalue weighted by Gasteiger charge is -2.34. The van der Waals surface area contributed by atoms with E-state index < -0.39 is 0 Å². The number of nitrogens with one attached hydrogen (secondary N) is 1. The predicted octanol–water partition coefficient (Wildman–Crippen LogP) is 2.43. The molecule has 2 heterocycles. The number of primary amides is 1. The van der Waals surface area contributed by atoms with Crippen LogP contribution >= 0.6 is 11.6 Å². The van der Waals surface area contributed by atoms with Gasteiger partial charge in [0.05, 0.1) is 11.4 Å². The zero-order chi connectivity index (χ0) is 17.8. The lowest BCUT2D eigenvalue weighted by molar-refractivity contribution is -0.122. The fourth-order valence-electron chi connectivity index (χ4n) is 2.99. The number of rotatable bonds is 3. The molecule has 3 rings (SSSR count). The van der Waals surface area contributed by atoms with E-state index >= 15 is 0 Å². The van der Waals surface area contributed by atoms with Crippen LogP contribution in [0.15, 0.2) is 35.5 Å². The molecule has 0 atom stereocenters. The lowest BCUT2D eigenvalue weighted by Crippen LogP contribution is -2.39. The fourth-order valence-corrected chi connectivity index (χ4v) is 3.17. The third kappa shape index (κ3) is 4.11. The van der Waals surface area contributed by atoms with E-state index in [1.165, 1.54) is 4.90 Å². The van der Waals surface area contributed by atoms with Crippen LogP contribution < -0.4 is 16.0 Å². The first-order valence-corrected chi connectivity index (χ1v) is 8.50. The Morgan fingerprint density at radius 2 is 2.04 bits per heavy atom. The molecule has 1 fully saturated rings. The number of hydrogen-bond donors (Lipinski definition) is 2.